The first-order valence-corrected chi connectivity index (χ1v) is 5.99. The predicted molar refractivity (Wildman–Crippen MR) is 60.5 cm³/mol. The first-order valence-electron chi connectivity index (χ1n) is 4.30. The van der Waals surface area contributed by atoms with Gasteiger partial charge in [-0.2, -0.15) is 0 Å². The second-order valence-corrected chi connectivity index (χ2v) is 5.00. The van der Waals surface area contributed by atoms with Gasteiger partial charge in [-0.3, -0.25) is 4.79 Å². The molecule has 15 heavy (non-hydrogen) atoms. The summed E-state index contributed by atoms with van der Waals surface area (Å²) < 4.78 is 0.934. The maximum absolute atomic E-state index is 11.1. The van der Waals surface area contributed by atoms with E-state index in [0.717, 1.165) is 9.37 Å². The summed E-state index contributed by atoms with van der Waals surface area (Å²) in [6.07, 6.45) is 3.40. The highest BCUT2D eigenvalue weighted by Gasteiger charge is 2.04. The summed E-state index contributed by atoms with van der Waals surface area (Å²) in [5.74, 6) is 0.0541. The summed E-state index contributed by atoms with van der Waals surface area (Å²) in [5, 5.41) is 2.72. The van der Waals surface area contributed by atoms with Crippen molar-refractivity contribution < 1.29 is 4.79 Å². The van der Waals surface area contributed by atoms with Gasteiger partial charge in [0.25, 0.3) is 0 Å². The topological polar surface area (TPSA) is 42.9 Å². The summed E-state index contributed by atoms with van der Waals surface area (Å²) >= 11 is 3.03. The Bertz CT molecular complexity index is 468. The summed E-state index contributed by atoms with van der Waals surface area (Å²) in [6.45, 7) is 1.55. The predicted octanol–water partition coefficient (Wildman–Crippen LogP) is 2.89. The molecule has 0 amide bonds. The molecule has 0 aliphatic carbocycles. The van der Waals surface area contributed by atoms with Gasteiger partial charge in [0.2, 0.25) is 0 Å². The average Bonchev–Trinajstić information content (AvgIpc) is 2.71. The molecule has 0 saturated heterocycles. The lowest BCUT2D eigenvalue weighted by Crippen LogP contribution is -1.92. The maximum Gasteiger partial charge on any atom is 0.159 e. The number of hydrogen-bond donors (Lipinski definition) is 0. The van der Waals surface area contributed by atoms with E-state index in [4.69, 9.17) is 0 Å². The SMILES string of the molecule is CC(=O)c1ccnc(Sc2nccs2)c1. The molecule has 0 bridgehead atoms. The Labute approximate surface area is 95.6 Å². The molecule has 0 atom stereocenters. The van der Waals surface area contributed by atoms with Gasteiger partial charge in [-0.05, 0) is 30.8 Å². The van der Waals surface area contributed by atoms with E-state index >= 15 is 0 Å². The zero-order chi connectivity index (χ0) is 10.7. The van der Waals surface area contributed by atoms with Crippen LogP contribution in [0.5, 0.6) is 0 Å². The smallest absolute Gasteiger partial charge is 0.159 e. The van der Waals surface area contributed by atoms with Crippen molar-refractivity contribution >= 4 is 28.9 Å². The van der Waals surface area contributed by atoms with Crippen LogP contribution in [0.25, 0.3) is 0 Å². The van der Waals surface area contributed by atoms with E-state index in [0.29, 0.717) is 5.56 Å². The molecule has 0 aromatic carbocycles. The van der Waals surface area contributed by atoms with Crippen LogP contribution >= 0.6 is 23.1 Å². The lowest BCUT2D eigenvalue weighted by atomic mass is 10.2. The van der Waals surface area contributed by atoms with Gasteiger partial charge in [-0.25, -0.2) is 9.97 Å². The zero-order valence-electron chi connectivity index (χ0n) is 8.01. The first kappa shape index (κ1) is 10.3. The van der Waals surface area contributed by atoms with Gasteiger partial charge in [-0.15, -0.1) is 11.3 Å². The number of hydrogen-bond acceptors (Lipinski definition) is 5. The van der Waals surface area contributed by atoms with Crippen molar-refractivity contribution in [3.8, 4) is 0 Å². The molecule has 0 aliphatic heterocycles. The molecule has 5 heteroatoms. The van der Waals surface area contributed by atoms with E-state index in [-0.39, 0.29) is 5.78 Å². The Morgan fingerprint density at radius 2 is 2.27 bits per heavy atom. The lowest BCUT2D eigenvalue weighted by molar-refractivity contribution is 0.101. The van der Waals surface area contributed by atoms with Crippen molar-refractivity contribution in [2.45, 2.75) is 16.3 Å². The maximum atomic E-state index is 11.1. The van der Waals surface area contributed by atoms with Crippen LogP contribution in [-0.4, -0.2) is 15.8 Å². The van der Waals surface area contributed by atoms with Crippen molar-refractivity contribution in [2.75, 3.05) is 0 Å². The summed E-state index contributed by atoms with van der Waals surface area (Å²) in [7, 11) is 0. The number of Topliss-reactive ketones (excluding diaryl/α,β-unsaturated/α-hetero) is 1. The fourth-order valence-corrected chi connectivity index (χ4v) is 2.60. The number of thiazole rings is 1. The minimum Gasteiger partial charge on any atom is -0.295 e. The van der Waals surface area contributed by atoms with Crippen molar-refractivity contribution in [1.82, 2.24) is 9.97 Å². The molecule has 0 unspecified atom stereocenters. The highest BCUT2D eigenvalue weighted by Crippen LogP contribution is 2.27. The highest BCUT2D eigenvalue weighted by atomic mass is 32.2. The third kappa shape index (κ3) is 2.64. The molecular formula is C10H8N2OS2. The Morgan fingerprint density at radius 1 is 1.40 bits per heavy atom. The number of pyridine rings is 1. The van der Waals surface area contributed by atoms with Gasteiger partial charge in [0.15, 0.2) is 10.1 Å². The second kappa shape index (κ2) is 4.55. The molecule has 0 radical (unpaired) electrons. The molecule has 2 heterocycles. The molecule has 2 rings (SSSR count). The summed E-state index contributed by atoms with van der Waals surface area (Å²) in [6, 6.07) is 3.50. The van der Waals surface area contributed by atoms with Crippen LogP contribution in [0, 0.1) is 0 Å². The second-order valence-electron chi connectivity index (χ2n) is 2.84. The van der Waals surface area contributed by atoms with Crippen LogP contribution < -0.4 is 0 Å². The minimum atomic E-state index is 0.0541. The fourth-order valence-electron chi connectivity index (χ4n) is 1.03. The van der Waals surface area contributed by atoms with Gasteiger partial charge in [0.1, 0.15) is 5.03 Å². The molecule has 0 fully saturated rings. The number of rotatable bonds is 3. The van der Waals surface area contributed by atoms with Crippen LogP contribution in [0.4, 0.5) is 0 Å². The Kier molecular flexibility index (Phi) is 3.13. The van der Waals surface area contributed by atoms with E-state index in [1.54, 1.807) is 42.8 Å². The van der Waals surface area contributed by atoms with Crippen molar-refractivity contribution in [2.24, 2.45) is 0 Å². The third-order valence-electron chi connectivity index (χ3n) is 1.74. The zero-order valence-corrected chi connectivity index (χ0v) is 9.64. The number of ketones is 1. The van der Waals surface area contributed by atoms with Gasteiger partial charge in [0, 0.05) is 23.3 Å². The quantitative estimate of drug-likeness (QED) is 0.768. The fraction of sp³-hybridized carbons (Fsp3) is 0.100. The van der Waals surface area contributed by atoms with Gasteiger partial charge in [0.05, 0.1) is 0 Å². The Hall–Kier alpha value is -1.20. The van der Waals surface area contributed by atoms with Crippen LogP contribution in [0.1, 0.15) is 17.3 Å². The standard InChI is InChI=1S/C10H8N2OS2/c1-7(13)8-2-3-11-9(6-8)15-10-12-4-5-14-10/h2-6H,1H3. The van der Waals surface area contributed by atoms with E-state index < -0.39 is 0 Å². The molecule has 0 saturated carbocycles. The Morgan fingerprint density at radius 3 is 2.93 bits per heavy atom. The van der Waals surface area contributed by atoms with E-state index in [1.165, 1.54) is 11.8 Å². The molecule has 0 spiro atoms. The van der Waals surface area contributed by atoms with Gasteiger partial charge in [-0.1, -0.05) is 0 Å². The summed E-state index contributed by atoms with van der Waals surface area (Å²) in [5.41, 5.74) is 0.684. The van der Waals surface area contributed by atoms with E-state index in [9.17, 15) is 4.79 Å². The van der Waals surface area contributed by atoms with Gasteiger partial charge >= 0.3 is 0 Å². The number of nitrogens with zero attached hydrogens (tertiary/aromatic N) is 2. The minimum absolute atomic E-state index is 0.0541. The normalized spacial score (nSPS) is 10.2. The highest BCUT2D eigenvalue weighted by molar-refractivity contribution is 8.00. The number of carbonyl (C=O) groups excluding carboxylic acids is 1. The number of aromatic nitrogens is 2. The molecule has 0 aliphatic rings. The third-order valence-corrected chi connectivity index (χ3v) is 3.56. The van der Waals surface area contributed by atoms with Crippen molar-refractivity contribution in [1.29, 1.82) is 0 Å². The largest absolute Gasteiger partial charge is 0.295 e. The molecule has 3 nitrogen and oxygen atoms in total. The van der Waals surface area contributed by atoms with Crippen LogP contribution in [0.15, 0.2) is 39.3 Å². The van der Waals surface area contributed by atoms with E-state index in [1.807, 2.05) is 5.38 Å². The summed E-state index contributed by atoms with van der Waals surface area (Å²) in [4.78, 5) is 19.5. The molecule has 76 valence electrons. The molecule has 2 aromatic heterocycles. The average molecular weight is 236 g/mol. The number of carbonyl (C=O) groups is 1. The molecular weight excluding hydrogens is 228 g/mol. The van der Waals surface area contributed by atoms with Gasteiger partial charge < -0.3 is 0 Å². The van der Waals surface area contributed by atoms with Crippen LogP contribution in [0.3, 0.4) is 0 Å². The first-order chi connectivity index (χ1) is 7.25. The lowest BCUT2D eigenvalue weighted by Gasteiger charge is -1.98. The molecule has 0 N–H and O–H groups in total. The Balaban J connectivity index is 2.22. The van der Waals surface area contributed by atoms with E-state index in [2.05, 4.69) is 9.97 Å². The molecule has 2 aromatic rings. The van der Waals surface area contributed by atoms with Crippen molar-refractivity contribution in [3.63, 3.8) is 0 Å². The van der Waals surface area contributed by atoms with Crippen molar-refractivity contribution in [3.05, 3.63) is 35.5 Å². The van der Waals surface area contributed by atoms with Crippen LogP contribution in [-0.2, 0) is 0 Å². The van der Waals surface area contributed by atoms with Crippen LogP contribution in [0.2, 0.25) is 0 Å². The monoisotopic (exact) mass is 236 g/mol.